The van der Waals surface area contributed by atoms with Gasteiger partial charge < -0.3 is 20.5 Å². The van der Waals surface area contributed by atoms with E-state index in [4.69, 9.17) is 4.74 Å². The van der Waals surface area contributed by atoms with E-state index in [-0.39, 0.29) is 29.7 Å². The molecule has 1 rings (SSSR count). The normalized spacial score (nSPS) is 12.6. The number of methoxy groups -OCH3 is 1. The number of nitrogens with one attached hydrogen (secondary N) is 2. The summed E-state index contributed by atoms with van der Waals surface area (Å²) in [5.41, 5.74) is 0.768. The quantitative estimate of drug-likeness (QED) is 0.399. The molecule has 0 aromatic heterocycles. The fourth-order valence-electron chi connectivity index (χ4n) is 1.59. The van der Waals surface area contributed by atoms with Gasteiger partial charge in [0, 0.05) is 25.2 Å². The van der Waals surface area contributed by atoms with E-state index in [0.29, 0.717) is 24.5 Å². The predicted octanol–water partition coefficient (Wildman–Crippen LogP) is 2.73. The highest BCUT2D eigenvalue weighted by atomic mass is 127. The summed E-state index contributed by atoms with van der Waals surface area (Å²) in [6.07, 6.45) is 0. The fraction of sp³-hybridized carbons (Fsp3) is 0.533. The molecule has 21 heavy (non-hydrogen) atoms. The molecule has 0 amide bonds. The molecule has 0 aliphatic rings. The van der Waals surface area contributed by atoms with Crippen molar-refractivity contribution >= 4 is 29.9 Å². The van der Waals surface area contributed by atoms with Crippen LogP contribution in [0.1, 0.15) is 26.3 Å². The monoisotopic (exact) mass is 407 g/mol. The van der Waals surface area contributed by atoms with Crippen LogP contribution in [0.2, 0.25) is 0 Å². The van der Waals surface area contributed by atoms with Crippen molar-refractivity contribution in [2.24, 2.45) is 10.9 Å². The first-order chi connectivity index (χ1) is 9.47. The Bertz CT molecular complexity index is 464. The van der Waals surface area contributed by atoms with Gasteiger partial charge in [-0.3, -0.25) is 4.99 Å². The number of phenolic OH excluding ortho intramolecular Hbond substituents is 1. The molecule has 0 saturated carbocycles. The lowest BCUT2D eigenvalue weighted by molar-refractivity contribution is 0.410. The number of guanidine groups is 1. The maximum atomic E-state index is 9.83. The first-order valence-corrected chi connectivity index (χ1v) is 6.81. The Labute approximate surface area is 144 Å². The fourth-order valence-corrected chi connectivity index (χ4v) is 1.59. The standard InChI is InChI=1S/C15H25N3O2.HI/c1-10(2)11(3)18-15(16-4)17-9-12-8-13(20-5)6-7-14(12)19;/h6-8,10-11,19H,9H2,1-5H3,(H2,16,17,18);1H. The smallest absolute Gasteiger partial charge is 0.191 e. The van der Waals surface area contributed by atoms with Crippen molar-refractivity contribution in [2.45, 2.75) is 33.4 Å². The van der Waals surface area contributed by atoms with Gasteiger partial charge >= 0.3 is 0 Å². The molecular formula is C15H26IN3O2. The number of rotatable bonds is 5. The van der Waals surface area contributed by atoms with Gasteiger partial charge in [0.1, 0.15) is 11.5 Å². The van der Waals surface area contributed by atoms with Crippen molar-refractivity contribution in [3.05, 3.63) is 23.8 Å². The third-order valence-electron chi connectivity index (χ3n) is 3.32. The van der Waals surface area contributed by atoms with Crippen molar-refractivity contribution in [1.82, 2.24) is 10.6 Å². The van der Waals surface area contributed by atoms with Crippen molar-refractivity contribution in [1.29, 1.82) is 0 Å². The van der Waals surface area contributed by atoms with Crippen LogP contribution in [0, 0.1) is 5.92 Å². The number of aromatic hydroxyl groups is 1. The predicted molar refractivity (Wildman–Crippen MR) is 97.7 cm³/mol. The number of benzene rings is 1. The Balaban J connectivity index is 0.00000400. The van der Waals surface area contributed by atoms with E-state index in [9.17, 15) is 5.11 Å². The Morgan fingerprint density at radius 1 is 1.33 bits per heavy atom. The molecule has 0 spiro atoms. The van der Waals surface area contributed by atoms with Gasteiger partial charge in [0.15, 0.2) is 5.96 Å². The van der Waals surface area contributed by atoms with E-state index < -0.39 is 0 Å². The molecule has 5 nitrogen and oxygen atoms in total. The Hall–Kier alpha value is -1.18. The zero-order valence-corrected chi connectivity index (χ0v) is 15.6. The largest absolute Gasteiger partial charge is 0.508 e. The van der Waals surface area contributed by atoms with Crippen LogP contribution in [-0.2, 0) is 6.54 Å². The molecule has 0 aliphatic heterocycles. The SMILES string of the molecule is CN=C(NCc1cc(OC)ccc1O)NC(C)C(C)C.I. The molecule has 0 bridgehead atoms. The van der Waals surface area contributed by atoms with Gasteiger partial charge in [-0.05, 0) is 31.0 Å². The average molecular weight is 407 g/mol. The average Bonchev–Trinajstić information content (AvgIpc) is 2.44. The molecule has 120 valence electrons. The Morgan fingerprint density at radius 3 is 2.52 bits per heavy atom. The number of ether oxygens (including phenoxy) is 1. The lowest BCUT2D eigenvalue weighted by atomic mass is 10.1. The van der Waals surface area contributed by atoms with Crippen molar-refractivity contribution in [2.75, 3.05) is 14.2 Å². The second-order valence-electron chi connectivity index (χ2n) is 5.10. The van der Waals surface area contributed by atoms with Gasteiger partial charge in [-0.25, -0.2) is 0 Å². The molecular weight excluding hydrogens is 381 g/mol. The van der Waals surface area contributed by atoms with Crippen LogP contribution in [0.4, 0.5) is 0 Å². The van der Waals surface area contributed by atoms with E-state index in [2.05, 4.69) is 36.4 Å². The maximum Gasteiger partial charge on any atom is 0.191 e. The number of phenols is 1. The number of hydrogen-bond acceptors (Lipinski definition) is 3. The highest BCUT2D eigenvalue weighted by Crippen LogP contribution is 2.22. The molecule has 1 atom stereocenters. The van der Waals surface area contributed by atoms with Crippen LogP contribution >= 0.6 is 24.0 Å². The van der Waals surface area contributed by atoms with Gasteiger partial charge in [-0.1, -0.05) is 13.8 Å². The first-order valence-electron chi connectivity index (χ1n) is 6.81. The van der Waals surface area contributed by atoms with Crippen molar-refractivity contribution in [3.8, 4) is 11.5 Å². The third kappa shape index (κ3) is 6.41. The molecule has 1 aromatic rings. The van der Waals surface area contributed by atoms with E-state index in [0.717, 1.165) is 11.3 Å². The van der Waals surface area contributed by atoms with E-state index in [1.54, 1.807) is 26.3 Å². The van der Waals surface area contributed by atoms with Gasteiger partial charge in [-0.15, -0.1) is 24.0 Å². The van der Waals surface area contributed by atoms with Gasteiger partial charge in [0.05, 0.1) is 7.11 Å². The molecule has 0 heterocycles. The molecule has 1 unspecified atom stereocenters. The third-order valence-corrected chi connectivity index (χ3v) is 3.32. The summed E-state index contributed by atoms with van der Waals surface area (Å²) in [4.78, 5) is 4.18. The second-order valence-corrected chi connectivity index (χ2v) is 5.10. The summed E-state index contributed by atoms with van der Waals surface area (Å²) in [6.45, 7) is 6.89. The highest BCUT2D eigenvalue weighted by molar-refractivity contribution is 14.0. The molecule has 0 aliphatic carbocycles. The van der Waals surface area contributed by atoms with Crippen LogP contribution in [0.15, 0.2) is 23.2 Å². The first kappa shape index (κ1) is 19.8. The summed E-state index contributed by atoms with van der Waals surface area (Å²) in [5.74, 6) is 2.19. The molecule has 0 radical (unpaired) electrons. The lowest BCUT2D eigenvalue weighted by Crippen LogP contribution is -2.43. The van der Waals surface area contributed by atoms with Crippen LogP contribution in [-0.4, -0.2) is 31.3 Å². The summed E-state index contributed by atoms with van der Waals surface area (Å²) in [6, 6.07) is 5.48. The summed E-state index contributed by atoms with van der Waals surface area (Å²) in [7, 11) is 3.34. The molecule has 1 aromatic carbocycles. The minimum atomic E-state index is 0. The zero-order chi connectivity index (χ0) is 15.1. The number of nitrogens with zero attached hydrogens (tertiary/aromatic N) is 1. The Morgan fingerprint density at radius 2 is 2.00 bits per heavy atom. The molecule has 3 N–H and O–H groups in total. The summed E-state index contributed by atoms with van der Waals surface area (Å²) in [5, 5.41) is 16.3. The number of aliphatic imine (C=N–C) groups is 1. The van der Waals surface area contributed by atoms with Crippen LogP contribution in [0.5, 0.6) is 11.5 Å². The van der Waals surface area contributed by atoms with Crippen molar-refractivity contribution < 1.29 is 9.84 Å². The molecule has 0 saturated heterocycles. The second kappa shape index (κ2) is 9.70. The summed E-state index contributed by atoms with van der Waals surface area (Å²) >= 11 is 0. The molecule has 0 fully saturated rings. The van der Waals surface area contributed by atoms with Gasteiger partial charge in [-0.2, -0.15) is 0 Å². The van der Waals surface area contributed by atoms with Crippen LogP contribution in [0.3, 0.4) is 0 Å². The van der Waals surface area contributed by atoms with E-state index in [1.165, 1.54) is 0 Å². The topological polar surface area (TPSA) is 65.9 Å². The van der Waals surface area contributed by atoms with E-state index in [1.807, 2.05) is 6.07 Å². The lowest BCUT2D eigenvalue weighted by Gasteiger charge is -2.21. The summed E-state index contributed by atoms with van der Waals surface area (Å²) < 4.78 is 5.15. The highest BCUT2D eigenvalue weighted by Gasteiger charge is 2.10. The number of halogens is 1. The van der Waals surface area contributed by atoms with Gasteiger partial charge in [0.2, 0.25) is 0 Å². The molecule has 6 heteroatoms. The van der Waals surface area contributed by atoms with Crippen LogP contribution < -0.4 is 15.4 Å². The minimum absolute atomic E-state index is 0. The van der Waals surface area contributed by atoms with Crippen LogP contribution in [0.25, 0.3) is 0 Å². The van der Waals surface area contributed by atoms with Gasteiger partial charge in [0.25, 0.3) is 0 Å². The number of hydrogen-bond donors (Lipinski definition) is 3. The Kier molecular flexibility index (Phi) is 9.16. The minimum Gasteiger partial charge on any atom is -0.508 e. The zero-order valence-electron chi connectivity index (χ0n) is 13.3. The van der Waals surface area contributed by atoms with E-state index >= 15 is 0 Å². The van der Waals surface area contributed by atoms with Crippen molar-refractivity contribution in [3.63, 3.8) is 0 Å². The maximum absolute atomic E-state index is 9.83.